The molecule has 6 aromatic carbocycles. The highest BCUT2D eigenvalue weighted by molar-refractivity contribution is 6.57. The van der Waals surface area contributed by atoms with Crippen LogP contribution in [-0.4, -0.2) is 51.3 Å². The van der Waals surface area contributed by atoms with E-state index < -0.39 is 11.3 Å². The summed E-state index contributed by atoms with van der Waals surface area (Å²) in [4.78, 5) is 22.9. The van der Waals surface area contributed by atoms with Crippen LogP contribution in [0, 0.1) is 0 Å². The van der Waals surface area contributed by atoms with Gasteiger partial charge in [0.05, 0.1) is 51.3 Å². The van der Waals surface area contributed by atoms with Crippen LogP contribution in [0.5, 0.6) is 23.0 Å². The van der Waals surface area contributed by atoms with Gasteiger partial charge in [0.15, 0.2) is 0 Å². The Morgan fingerprint density at radius 1 is 0.339 bits per heavy atom. The lowest BCUT2D eigenvalue weighted by Gasteiger charge is -2.39. The van der Waals surface area contributed by atoms with Crippen molar-refractivity contribution in [3.63, 3.8) is 0 Å². The van der Waals surface area contributed by atoms with Crippen LogP contribution in [0.2, 0.25) is 10.0 Å². The van der Waals surface area contributed by atoms with Crippen molar-refractivity contribution < 1.29 is 18.9 Å². The Balaban J connectivity index is 1.60. The summed E-state index contributed by atoms with van der Waals surface area (Å²) >= 11 is 14.6. The van der Waals surface area contributed by atoms with Crippen LogP contribution < -0.4 is 18.9 Å². The fraction of sp³-hybridized carbons (Fsp3) is 0.130. The highest BCUT2D eigenvalue weighted by Gasteiger charge is 2.62. The summed E-state index contributed by atoms with van der Waals surface area (Å²) in [6.45, 7) is 0. The lowest BCUT2D eigenvalue weighted by atomic mass is 9.82. The van der Waals surface area contributed by atoms with Crippen molar-refractivity contribution in [3.05, 3.63) is 189 Å². The van der Waals surface area contributed by atoms with Gasteiger partial charge in [-0.15, -0.1) is 0 Å². The third-order valence-corrected chi connectivity index (χ3v) is 10.6. The largest absolute Gasteiger partial charge is 0.496 e. The molecule has 278 valence electrons. The Hall–Kier alpha value is -6.22. The second-order valence-electron chi connectivity index (χ2n) is 12.9. The normalized spacial score (nSPS) is 15.3. The van der Waals surface area contributed by atoms with Crippen LogP contribution in [0.15, 0.2) is 166 Å². The number of para-hydroxylation sites is 4. The van der Waals surface area contributed by atoms with E-state index in [0.29, 0.717) is 89.3 Å². The van der Waals surface area contributed by atoms with E-state index in [1.165, 1.54) is 0 Å². The number of ether oxygens (including phenoxy) is 4. The first kappa shape index (κ1) is 36.7. The van der Waals surface area contributed by atoms with Crippen molar-refractivity contribution in [2.45, 2.75) is 11.3 Å². The van der Waals surface area contributed by atoms with E-state index in [9.17, 15) is 0 Å². The minimum Gasteiger partial charge on any atom is -0.496 e. The summed E-state index contributed by atoms with van der Waals surface area (Å²) in [6.07, 6.45) is 0. The summed E-state index contributed by atoms with van der Waals surface area (Å²) in [5, 5.41) is 0.809. The molecule has 8 rings (SSSR count). The molecule has 0 amide bonds. The SMILES string of the molecule is COc1ccccc1C1=NC(c2ccccc2Cl)(C2(c3ccccc3Cl)N=C(c3ccccc3OC)C(c3ccccc3OC)=N2)N=C1c1ccccc1OC. The van der Waals surface area contributed by atoms with E-state index in [2.05, 4.69) is 0 Å². The molecular weight excluding hydrogens is 743 g/mol. The molecule has 0 atom stereocenters. The smallest absolute Gasteiger partial charge is 0.227 e. The van der Waals surface area contributed by atoms with Gasteiger partial charge in [0.25, 0.3) is 0 Å². The van der Waals surface area contributed by atoms with Gasteiger partial charge < -0.3 is 18.9 Å². The Bertz CT molecular complexity index is 2290. The van der Waals surface area contributed by atoms with Gasteiger partial charge in [0.2, 0.25) is 11.3 Å². The second-order valence-corrected chi connectivity index (χ2v) is 13.8. The van der Waals surface area contributed by atoms with Gasteiger partial charge in [-0.25, -0.2) is 20.0 Å². The molecule has 0 saturated carbocycles. The van der Waals surface area contributed by atoms with Gasteiger partial charge in [0, 0.05) is 43.4 Å². The average molecular weight is 780 g/mol. The van der Waals surface area contributed by atoms with E-state index in [1.54, 1.807) is 28.4 Å². The number of benzene rings is 6. The van der Waals surface area contributed by atoms with Gasteiger partial charge in [-0.1, -0.05) is 108 Å². The monoisotopic (exact) mass is 778 g/mol. The number of aliphatic imine (C=N–C) groups is 4. The van der Waals surface area contributed by atoms with Crippen LogP contribution in [0.4, 0.5) is 0 Å². The third-order valence-electron chi connectivity index (χ3n) is 9.98. The molecule has 0 N–H and O–H groups in total. The van der Waals surface area contributed by atoms with E-state index in [0.717, 1.165) is 0 Å². The first-order valence-corrected chi connectivity index (χ1v) is 18.6. The molecule has 10 heteroatoms. The van der Waals surface area contributed by atoms with Gasteiger partial charge in [0.1, 0.15) is 23.0 Å². The minimum absolute atomic E-state index is 0.405. The van der Waals surface area contributed by atoms with Crippen molar-refractivity contribution in [3.8, 4) is 23.0 Å². The summed E-state index contributed by atoms with van der Waals surface area (Å²) in [5.41, 5.74) is 2.53. The molecule has 0 unspecified atom stereocenters. The van der Waals surface area contributed by atoms with Gasteiger partial charge in [-0.3, -0.25) is 0 Å². The minimum atomic E-state index is -1.72. The van der Waals surface area contributed by atoms with Crippen LogP contribution in [0.1, 0.15) is 33.4 Å². The molecule has 56 heavy (non-hydrogen) atoms. The molecule has 0 radical (unpaired) electrons. The highest BCUT2D eigenvalue weighted by atomic mass is 35.5. The fourth-order valence-electron chi connectivity index (χ4n) is 7.44. The molecular formula is C46H36Cl2N4O4. The maximum atomic E-state index is 7.31. The van der Waals surface area contributed by atoms with Crippen molar-refractivity contribution in [1.82, 2.24) is 0 Å². The maximum Gasteiger partial charge on any atom is 0.227 e. The summed E-state index contributed by atoms with van der Waals surface area (Å²) in [5.74, 6) is 2.38. The lowest BCUT2D eigenvalue weighted by molar-refractivity contribution is 0.257. The first-order valence-electron chi connectivity index (χ1n) is 17.8. The van der Waals surface area contributed by atoms with Gasteiger partial charge in [-0.05, 0) is 60.7 Å². The van der Waals surface area contributed by atoms with Crippen LogP contribution in [0.3, 0.4) is 0 Å². The van der Waals surface area contributed by atoms with E-state index in [4.69, 9.17) is 62.1 Å². The van der Waals surface area contributed by atoms with Crippen molar-refractivity contribution in [1.29, 1.82) is 0 Å². The lowest BCUT2D eigenvalue weighted by Crippen LogP contribution is -2.43. The number of rotatable bonds is 11. The zero-order chi connectivity index (χ0) is 38.9. The Morgan fingerprint density at radius 2 is 0.571 bits per heavy atom. The molecule has 0 fully saturated rings. The summed E-state index contributed by atoms with van der Waals surface area (Å²) in [7, 11) is 6.52. The molecule has 0 bridgehead atoms. The van der Waals surface area contributed by atoms with Gasteiger partial charge >= 0.3 is 0 Å². The number of hydrogen-bond donors (Lipinski definition) is 0. The predicted octanol–water partition coefficient (Wildman–Crippen LogP) is 10.0. The second kappa shape index (κ2) is 15.1. The molecule has 2 aliphatic rings. The van der Waals surface area contributed by atoms with Crippen LogP contribution in [0.25, 0.3) is 0 Å². The average Bonchev–Trinajstić information content (AvgIpc) is 3.86. The predicted molar refractivity (Wildman–Crippen MR) is 224 cm³/mol. The van der Waals surface area contributed by atoms with E-state index in [1.807, 2.05) is 146 Å². The van der Waals surface area contributed by atoms with Crippen LogP contribution in [-0.2, 0) is 11.3 Å². The van der Waals surface area contributed by atoms with Crippen molar-refractivity contribution in [2.75, 3.05) is 28.4 Å². The summed E-state index contributed by atoms with van der Waals surface area (Å²) < 4.78 is 23.8. The maximum absolute atomic E-state index is 7.31. The van der Waals surface area contributed by atoms with Crippen molar-refractivity contribution >= 4 is 46.0 Å². The molecule has 0 aromatic heterocycles. The highest BCUT2D eigenvalue weighted by Crippen LogP contribution is 2.57. The van der Waals surface area contributed by atoms with E-state index in [-0.39, 0.29) is 0 Å². The molecule has 8 nitrogen and oxygen atoms in total. The molecule has 0 aliphatic carbocycles. The third kappa shape index (κ3) is 5.93. The number of nitrogens with zero attached hydrogens (tertiary/aromatic N) is 4. The fourth-order valence-corrected chi connectivity index (χ4v) is 7.97. The molecule has 2 aliphatic heterocycles. The number of halogens is 2. The summed E-state index contributed by atoms with van der Waals surface area (Å²) in [6, 6.07) is 45.8. The first-order chi connectivity index (χ1) is 27.4. The Labute approximate surface area is 335 Å². The number of methoxy groups -OCH3 is 4. The standard InChI is InChI=1S/C46H36Cl2N4O4/c1-53-37-25-13-5-17-29(37)41-42(30-18-6-14-26-38(30)54-2)50-45(49-41,33-21-9-11-23-35(33)47)46(34-22-10-12-24-36(34)48)51-43(31-19-7-15-27-39(31)55-3)44(52-46)32-20-8-16-28-40(32)56-4/h5-28H,1-4H3. The number of hydrogen-bond acceptors (Lipinski definition) is 8. The molecule has 2 heterocycles. The Kier molecular flexibility index (Phi) is 9.93. The zero-order valence-electron chi connectivity index (χ0n) is 31.0. The zero-order valence-corrected chi connectivity index (χ0v) is 32.5. The van der Waals surface area contributed by atoms with E-state index >= 15 is 0 Å². The quantitative estimate of drug-likeness (QED) is 0.131. The van der Waals surface area contributed by atoms with Gasteiger partial charge in [-0.2, -0.15) is 0 Å². The van der Waals surface area contributed by atoms with Crippen molar-refractivity contribution in [2.24, 2.45) is 20.0 Å². The molecule has 0 saturated heterocycles. The molecule has 0 spiro atoms. The molecule has 6 aromatic rings. The topological polar surface area (TPSA) is 86.4 Å². The van der Waals surface area contributed by atoms with Crippen LogP contribution >= 0.6 is 23.2 Å². The Morgan fingerprint density at radius 3 is 0.821 bits per heavy atom.